The summed E-state index contributed by atoms with van der Waals surface area (Å²) in [5.74, 6) is 0. The molecule has 1 heterocycles. The molecule has 0 aliphatic heterocycles. The number of nitrogen functional groups attached to an aromatic ring is 1. The largest absolute Gasteiger partial charge is 0.375 e. The Morgan fingerprint density at radius 3 is 2.26 bits per heavy atom. The second kappa shape index (κ2) is 5.15. The summed E-state index contributed by atoms with van der Waals surface area (Å²) in [7, 11) is 0. The van der Waals surface area contributed by atoms with Crippen molar-refractivity contribution < 1.29 is 0 Å². The van der Waals surface area contributed by atoms with Gasteiger partial charge in [0.05, 0.1) is 10.6 Å². The summed E-state index contributed by atoms with van der Waals surface area (Å²) in [6.45, 7) is 0. The van der Waals surface area contributed by atoms with Crippen LogP contribution in [0.5, 0.6) is 0 Å². The van der Waals surface area contributed by atoms with E-state index in [0.29, 0.717) is 5.13 Å². The maximum Gasteiger partial charge on any atom is 0.181 e. The summed E-state index contributed by atoms with van der Waals surface area (Å²) in [5, 5.41) is 0.594. The van der Waals surface area contributed by atoms with E-state index in [9.17, 15) is 0 Å². The summed E-state index contributed by atoms with van der Waals surface area (Å²) >= 11 is 4.97. The van der Waals surface area contributed by atoms with Crippen molar-refractivity contribution in [2.75, 3.05) is 5.73 Å². The van der Waals surface area contributed by atoms with Gasteiger partial charge in [0.15, 0.2) is 5.13 Å². The van der Waals surface area contributed by atoms with Crippen molar-refractivity contribution in [3.8, 4) is 21.7 Å². The number of rotatable bonds is 2. The average Bonchev–Trinajstić information content (AvgIpc) is 2.83. The van der Waals surface area contributed by atoms with Crippen LogP contribution in [-0.2, 0) is 0 Å². The minimum absolute atomic E-state index is 0.594. The molecule has 19 heavy (non-hydrogen) atoms. The smallest absolute Gasteiger partial charge is 0.181 e. The van der Waals surface area contributed by atoms with Gasteiger partial charge in [0, 0.05) is 10.0 Å². The summed E-state index contributed by atoms with van der Waals surface area (Å²) in [6, 6.07) is 18.3. The summed E-state index contributed by atoms with van der Waals surface area (Å²) in [6.07, 6.45) is 0. The van der Waals surface area contributed by atoms with Crippen molar-refractivity contribution in [1.82, 2.24) is 4.98 Å². The number of anilines is 1. The van der Waals surface area contributed by atoms with Crippen LogP contribution in [0, 0.1) is 0 Å². The first-order valence-electron chi connectivity index (χ1n) is 5.82. The third-order valence-electron chi connectivity index (χ3n) is 2.80. The minimum atomic E-state index is 0.594. The molecule has 0 spiro atoms. The molecule has 0 saturated carbocycles. The van der Waals surface area contributed by atoms with E-state index in [-0.39, 0.29) is 0 Å². The molecule has 0 saturated heterocycles. The molecule has 3 aromatic rings. The molecule has 0 amide bonds. The minimum Gasteiger partial charge on any atom is -0.375 e. The molecule has 2 aromatic carbocycles. The van der Waals surface area contributed by atoms with Crippen LogP contribution in [0.4, 0.5) is 5.13 Å². The fraction of sp³-hybridized carbons (Fsp3) is 0. The molecule has 0 radical (unpaired) electrons. The van der Waals surface area contributed by atoms with Crippen molar-refractivity contribution in [3.63, 3.8) is 0 Å². The number of nitrogens with two attached hydrogens (primary N) is 1. The average molecular weight is 331 g/mol. The molecule has 0 bridgehead atoms. The zero-order valence-electron chi connectivity index (χ0n) is 10.0. The predicted octanol–water partition coefficient (Wildman–Crippen LogP) is 4.82. The van der Waals surface area contributed by atoms with Gasteiger partial charge < -0.3 is 5.73 Å². The Balaban J connectivity index is 2.15. The topological polar surface area (TPSA) is 38.9 Å². The van der Waals surface area contributed by atoms with E-state index in [1.165, 1.54) is 11.3 Å². The molecule has 3 rings (SSSR count). The number of benzene rings is 2. The van der Waals surface area contributed by atoms with Crippen LogP contribution in [-0.4, -0.2) is 4.98 Å². The third-order valence-corrected chi connectivity index (χ3v) is 4.26. The van der Waals surface area contributed by atoms with E-state index >= 15 is 0 Å². The van der Waals surface area contributed by atoms with Crippen LogP contribution in [0.2, 0.25) is 0 Å². The molecular formula is C15H11BrN2S. The first kappa shape index (κ1) is 12.4. The second-order valence-corrected chi connectivity index (χ2v) is 6.05. The van der Waals surface area contributed by atoms with Gasteiger partial charge in [-0.3, -0.25) is 0 Å². The number of aromatic nitrogens is 1. The first-order chi connectivity index (χ1) is 9.24. The van der Waals surface area contributed by atoms with Gasteiger partial charge in [0.1, 0.15) is 0 Å². The highest BCUT2D eigenvalue weighted by atomic mass is 79.9. The van der Waals surface area contributed by atoms with Crippen LogP contribution in [0.3, 0.4) is 0 Å². The van der Waals surface area contributed by atoms with Crippen LogP contribution < -0.4 is 5.73 Å². The molecule has 0 aliphatic rings. The molecule has 0 aliphatic carbocycles. The molecule has 4 heteroatoms. The van der Waals surface area contributed by atoms with Crippen molar-refractivity contribution in [1.29, 1.82) is 0 Å². The van der Waals surface area contributed by atoms with Gasteiger partial charge >= 0.3 is 0 Å². The lowest BCUT2D eigenvalue weighted by Crippen LogP contribution is -1.84. The highest BCUT2D eigenvalue weighted by Gasteiger charge is 2.13. The van der Waals surface area contributed by atoms with Crippen LogP contribution in [0.15, 0.2) is 59.1 Å². The Labute approximate surface area is 124 Å². The maximum atomic E-state index is 5.88. The van der Waals surface area contributed by atoms with Gasteiger partial charge in [-0.15, -0.1) is 0 Å². The molecule has 2 nitrogen and oxygen atoms in total. The first-order valence-corrected chi connectivity index (χ1v) is 7.42. The molecule has 94 valence electrons. The molecule has 0 atom stereocenters. The lowest BCUT2D eigenvalue weighted by atomic mass is 10.1. The highest BCUT2D eigenvalue weighted by molar-refractivity contribution is 9.10. The Morgan fingerprint density at radius 2 is 1.58 bits per heavy atom. The predicted molar refractivity (Wildman–Crippen MR) is 85.1 cm³/mol. The van der Waals surface area contributed by atoms with Gasteiger partial charge in [-0.05, 0) is 17.7 Å². The van der Waals surface area contributed by atoms with Crippen molar-refractivity contribution in [2.24, 2.45) is 0 Å². The van der Waals surface area contributed by atoms with Crippen LogP contribution in [0.1, 0.15) is 0 Å². The molecular weight excluding hydrogens is 320 g/mol. The SMILES string of the molecule is Nc1nc(-c2ccccc2)c(-c2ccc(Br)cc2)s1. The fourth-order valence-electron chi connectivity index (χ4n) is 1.93. The number of halogens is 1. The van der Waals surface area contributed by atoms with E-state index in [1.807, 2.05) is 30.3 Å². The Morgan fingerprint density at radius 1 is 0.895 bits per heavy atom. The quantitative estimate of drug-likeness (QED) is 0.731. The van der Waals surface area contributed by atoms with E-state index in [4.69, 9.17) is 5.73 Å². The molecule has 0 fully saturated rings. The third kappa shape index (κ3) is 2.55. The van der Waals surface area contributed by atoms with Gasteiger partial charge in [-0.25, -0.2) is 4.98 Å². The summed E-state index contributed by atoms with van der Waals surface area (Å²) in [4.78, 5) is 5.57. The molecule has 1 aromatic heterocycles. The number of hydrogen-bond acceptors (Lipinski definition) is 3. The van der Waals surface area contributed by atoms with Gasteiger partial charge in [-0.2, -0.15) is 0 Å². The standard InChI is InChI=1S/C15H11BrN2S/c16-12-8-6-11(7-9-12)14-13(18-15(17)19-14)10-4-2-1-3-5-10/h1-9H,(H2,17,18). The number of thiazole rings is 1. The normalized spacial score (nSPS) is 10.6. The van der Waals surface area contributed by atoms with Crippen LogP contribution >= 0.6 is 27.3 Å². The second-order valence-electron chi connectivity index (χ2n) is 4.10. The van der Waals surface area contributed by atoms with E-state index < -0.39 is 0 Å². The van der Waals surface area contributed by atoms with Gasteiger partial charge in [0.2, 0.25) is 0 Å². The lowest BCUT2D eigenvalue weighted by Gasteiger charge is -2.02. The van der Waals surface area contributed by atoms with Gasteiger partial charge in [0.25, 0.3) is 0 Å². The summed E-state index contributed by atoms with van der Waals surface area (Å²) in [5.41, 5.74) is 9.06. The number of hydrogen-bond donors (Lipinski definition) is 1. The Bertz CT molecular complexity index is 690. The van der Waals surface area contributed by atoms with Crippen molar-refractivity contribution >= 4 is 32.4 Å². The zero-order chi connectivity index (χ0) is 13.2. The fourth-order valence-corrected chi connectivity index (χ4v) is 3.05. The Kier molecular flexibility index (Phi) is 3.36. The zero-order valence-corrected chi connectivity index (χ0v) is 12.4. The van der Waals surface area contributed by atoms with E-state index in [2.05, 4.69) is 45.2 Å². The number of nitrogens with zero attached hydrogens (tertiary/aromatic N) is 1. The monoisotopic (exact) mass is 330 g/mol. The molecule has 2 N–H and O–H groups in total. The van der Waals surface area contributed by atoms with Crippen molar-refractivity contribution in [2.45, 2.75) is 0 Å². The maximum absolute atomic E-state index is 5.88. The summed E-state index contributed by atoms with van der Waals surface area (Å²) < 4.78 is 1.06. The van der Waals surface area contributed by atoms with Crippen LogP contribution in [0.25, 0.3) is 21.7 Å². The van der Waals surface area contributed by atoms with E-state index in [0.717, 1.165) is 26.2 Å². The Hall–Kier alpha value is -1.65. The molecule has 0 unspecified atom stereocenters. The lowest BCUT2D eigenvalue weighted by molar-refractivity contribution is 1.41. The van der Waals surface area contributed by atoms with Gasteiger partial charge in [-0.1, -0.05) is 69.7 Å². The van der Waals surface area contributed by atoms with E-state index in [1.54, 1.807) is 0 Å². The van der Waals surface area contributed by atoms with Crippen molar-refractivity contribution in [3.05, 3.63) is 59.1 Å². The highest BCUT2D eigenvalue weighted by Crippen LogP contribution is 2.38.